The predicted octanol–water partition coefficient (Wildman–Crippen LogP) is 2.75. The molecule has 0 aliphatic heterocycles. The van der Waals surface area contributed by atoms with Crippen LogP contribution in [0.5, 0.6) is 5.75 Å². The lowest BCUT2D eigenvalue weighted by atomic mass is 10.1. The van der Waals surface area contributed by atoms with E-state index in [0.29, 0.717) is 11.3 Å². The van der Waals surface area contributed by atoms with Gasteiger partial charge in [0.15, 0.2) is 12.4 Å². The van der Waals surface area contributed by atoms with Crippen molar-refractivity contribution in [3.8, 4) is 5.75 Å². The topological polar surface area (TPSA) is 111 Å². The van der Waals surface area contributed by atoms with Gasteiger partial charge >= 0.3 is 5.69 Å². The third-order valence-electron chi connectivity index (χ3n) is 3.29. The van der Waals surface area contributed by atoms with Crippen molar-refractivity contribution in [3.63, 3.8) is 0 Å². The fourth-order valence-electron chi connectivity index (χ4n) is 2.19. The molecule has 0 saturated heterocycles. The fourth-order valence-corrected chi connectivity index (χ4v) is 2.19. The minimum atomic E-state index is -0.585. The Hall–Kier alpha value is -3.42. The number of nitro groups is 1. The Morgan fingerprint density at radius 3 is 2.46 bits per heavy atom. The van der Waals surface area contributed by atoms with Crippen molar-refractivity contribution in [1.29, 1.82) is 0 Å². The largest absolute Gasteiger partial charge is 0.477 e. The van der Waals surface area contributed by atoms with Crippen molar-refractivity contribution in [2.45, 2.75) is 19.9 Å². The number of ether oxygens (including phenoxy) is 1. The van der Waals surface area contributed by atoms with E-state index in [-0.39, 0.29) is 23.4 Å². The molecule has 0 unspecified atom stereocenters. The molecule has 0 bridgehead atoms. The van der Waals surface area contributed by atoms with Gasteiger partial charge in [0.1, 0.15) is 0 Å². The van der Waals surface area contributed by atoms with Crippen LogP contribution in [0.15, 0.2) is 48.5 Å². The van der Waals surface area contributed by atoms with E-state index in [9.17, 15) is 19.7 Å². The van der Waals surface area contributed by atoms with Gasteiger partial charge in [0.25, 0.3) is 11.8 Å². The number of carbonyl (C=O) groups is 2. The van der Waals surface area contributed by atoms with E-state index < -0.39 is 17.4 Å². The molecule has 8 heteroatoms. The Bertz CT molecular complexity index is 820. The number of hydrogen-bond acceptors (Lipinski definition) is 5. The highest BCUT2D eigenvalue weighted by atomic mass is 16.6. The zero-order valence-corrected chi connectivity index (χ0v) is 14.4. The van der Waals surface area contributed by atoms with Crippen molar-refractivity contribution in [2.75, 3.05) is 11.9 Å². The van der Waals surface area contributed by atoms with Gasteiger partial charge in [-0.2, -0.15) is 0 Å². The van der Waals surface area contributed by atoms with Crippen LogP contribution in [-0.2, 0) is 4.79 Å². The maximum absolute atomic E-state index is 12.2. The van der Waals surface area contributed by atoms with Gasteiger partial charge in [0.05, 0.1) is 16.2 Å². The second-order valence-corrected chi connectivity index (χ2v) is 5.74. The molecule has 2 amide bonds. The van der Waals surface area contributed by atoms with E-state index in [2.05, 4.69) is 10.6 Å². The van der Waals surface area contributed by atoms with Gasteiger partial charge in [-0.15, -0.1) is 0 Å². The second kappa shape index (κ2) is 8.61. The van der Waals surface area contributed by atoms with Crippen molar-refractivity contribution in [1.82, 2.24) is 5.32 Å². The van der Waals surface area contributed by atoms with E-state index >= 15 is 0 Å². The summed E-state index contributed by atoms with van der Waals surface area (Å²) in [5, 5.41) is 16.3. The van der Waals surface area contributed by atoms with Crippen molar-refractivity contribution in [2.24, 2.45) is 0 Å². The smallest absolute Gasteiger partial charge is 0.310 e. The van der Waals surface area contributed by atoms with E-state index in [0.717, 1.165) is 0 Å². The molecule has 0 spiro atoms. The van der Waals surface area contributed by atoms with Gasteiger partial charge in [-0.3, -0.25) is 19.7 Å². The fraction of sp³-hybridized carbons (Fsp3) is 0.222. The molecule has 0 heterocycles. The summed E-state index contributed by atoms with van der Waals surface area (Å²) < 4.78 is 5.24. The minimum absolute atomic E-state index is 0.00140. The number of carbonyl (C=O) groups excluding carboxylic acids is 2. The van der Waals surface area contributed by atoms with Gasteiger partial charge in [0.2, 0.25) is 0 Å². The van der Waals surface area contributed by atoms with Gasteiger partial charge in [-0.25, -0.2) is 0 Å². The van der Waals surface area contributed by atoms with Gasteiger partial charge in [-0.05, 0) is 32.0 Å². The summed E-state index contributed by atoms with van der Waals surface area (Å²) in [5.74, 6) is -0.845. The number of amides is 2. The summed E-state index contributed by atoms with van der Waals surface area (Å²) >= 11 is 0. The molecule has 0 aliphatic carbocycles. The molecule has 2 rings (SSSR count). The van der Waals surface area contributed by atoms with E-state index in [1.807, 2.05) is 13.8 Å². The molecule has 0 atom stereocenters. The maximum atomic E-state index is 12.2. The SMILES string of the molecule is CC(C)NC(=O)c1ccccc1NC(=O)COc1ccccc1[N+](=O)[O-]. The van der Waals surface area contributed by atoms with Crippen molar-refractivity contribution < 1.29 is 19.2 Å². The third kappa shape index (κ3) is 5.04. The standard InChI is InChI=1S/C18H19N3O5/c1-12(2)19-18(23)13-7-3-4-8-14(13)20-17(22)11-26-16-10-6-5-9-15(16)21(24)25/h3-10,12H,11H2,1-2H3,(H,19,23)(H,20,22). The second-order valence-electron chi connectivity index (χ2n) is 5.74. The normalized spacial score (nSPS) is 10.3. The zero-order chi connectivity index (χ0) is 19.1. The van der Waals surface area contributed by atoms with Crippen LogP contribution in [0.3, 0.4) is 0 Å². The van der Waals surface area contributed by atoms with Crippen LogP contribution >= 0.6 is 0 Å². The Kier molecular flexibility index (Phi) is 6.26. The quantitative estimate of drug-likeness (QED) is 0.585. The first-order valence-electron chi connectivity index (χ1n) is 7.94. The summed E-state index contributed by atoms with van der Waals surface area (Å²) in [6.45, 7) is 3.24. The first-order valence-corrected chi connectivity index (χ1v) is 7.94. The average Bonchev–Trinajstić information content (AvgIpc) is 2.60. The number of anilines is 1. The Morgan fingerprint density at radius 1 is 1.12 bits per heavy atom. The van der Waals surface area contributed by atoms with Crippen LogP contribution in [0.4, 0.5) is 11.4 Å². The number of nitrogens with zero attached hydrogens (tertiary/aromatic N) is 1. The molecule has 2 aromatic carbocycles. The third-order valence-corrected chi connectivity index (χ3v) is 3.29. The van der Waals surface area contributed by atoms with Crippen LogP contribution < -0.4 is 15.4 Å². The minimum Gasteiger partial charge on any atom is -0.477 e. The molecule has 2 N–H and O–H groups in total. The van der Waals surface area contributed by atoms with Gasteiger partial charge in [-0.1, -0.05) is 24.3 Å². The first kappa shape index (κ1) is 18.9. The molecule has 0 aliphatic rings. The highest BCUT2D eigenvalue weighted by Gasteiger charge is 2.17. The van der Waals surface area contributed by atoms with Crippen LogP contribution in [0.2, 0.25) is 0 Å². The van der Waals surface area contributed by atoms with E-state index in [4.69, 9.17) is 4.74 Å². The lowest BCUT2D eigenvalue weighted by molar-refractivity contribution is -0.385. The molecule has 26 heavy (non-hydrogen) atoms. The molecule has 2 aromatic rings. The summed E-state index contributed by atoms with van der Waals surface area (Å²) in [4.78, 5) is 34.7. The first-order chi connectivity index (χ1) is 12.4. The Morgan fingerprint density at radius 2 is 1.77 bits per heavy atom. The molecular weight excluding hydrogens is 338 g/mol. The van der Waals surface area contributed by atoms with Crippen LogP contribution in [0.25, 0.3) is 0 Å². The zero-order valence-electron chi connectivity index (χ0n) is 14.4. The van der Waals surface area contributed by atoms with Crippen LogP contribution in [0, 0.1) is 10.1 Å². The number of hydrogen-bond donors (Lipinski definition) is 2. The summed E-state index contributed by atoms with van der Waals surface area (Å²) in [5.41, 5.74) is 0.430. The average molecular weight is 357 g/mol. The number of rotatable bonds is 7. The monoisotopic (exact) mass is 357 g/mol. The molecule has 0 fully saturated rings. The summed E-state index contributed by atoms with van der Waals surface area (Å²) in [7, 11) is 0. The van der Waals surface area contributed by atoms with E-state index in [1.54, 1.807) is 30.3 Å². The predicted molar refractivity (Wildman–Crippen MR) is 96.3 cm³/mol. The number of para-hydroxylation sites is 3. The molecule has 0 saturated carbocycles. The number of benzene rings is 2. The summed E-state index contributed by atoms with van der Waals surface area (Å²) in [6, 6.07) is 12.3. The lowest BCUT2D eigenvalue weighted by Crippen LogP contribution is -2.31. The number of nitrogens with one attached hydrogen (secondary N) is 2. The molecule has 0 aromatic heterocycles. The molecule has 0 radical (unpaired) electrons. The highest BCUT2D eigenvalue weighted by Crippen LogP contribution is 2.25. The summed E-state index contributed by atoms with van der Waals surface area (Å²) in [6.07, 6.45) is 0. The lowest BCUT2D eigenvalue weighted by Gasteiger charge is -2.13. The van der Waals surface area contributed by atoms with Gasteiger partial charge in [0, 0.05) is 12.1 Å². The van der Waals surface area contributed by atoms with Crippen molar-refractivity contribution in [3.05, 3.63) is 64.2 Å². The van der Waals surface area contributed by atoms with Gasteiger partial charge < -0.3 is 15.4 Å². The van der Waals surface area contributed by atoms with Crippen molar-refractivity contribution >= 4 is 23.2 Å². The highest BCUT2D eigenvalue weighted by molar-refractivity contribution is 6.04. The Balaban J connectivity index is 2.05. The number of nitro benzene ring substituents is 1. The molecule has 136 valence electrons. The Labute approximate surface area is 150 Å². The maximum Gasteiger partial charge on any atom is 0.310 e. The molecule has 8 nitrogen and oxygen atoms in total. The van der Waals surface area contributed by atoms with Crippen LogP contribution in [0.1, 0.15) is 24.2 Å². The van der Waals surface area contributed by atoms with Crippen LogP contribution in [-0.4, -0.2) is 29.4 Å². The molecular formula is C18H19N3O5. The van der Waals surface area contributed by atoms with E-state index in [1.165, 1.54) is 18.2 Å².